The average Bonchev–Trinajstić information content (AvgIpc) is 3.48. The van der Waals surface area contributed by atoms with Crippen LogP contribution in [0.25, 0.3) is 0 Å². The first kappa shape index (κ1) is 18.7. The number of piperazine rings is 1. The Hall–Kier alpha value is -2.60. The molecule has 6 heteroatoms. The lowest BCUT2D eigenvalue weighted by Gasteiger charge is -2.36. The minimum Gasteiger partial charge on any atom is -0.396 e. The van der Waals surface area contributed by atoms with Gasteiger partial charge in [-0.05, 0) is 42.2 Å². The van der Waals surface area contributed by atoms with Crippen molar-refractivity contribution in [2.45, 2.75) is 12.3 Å². The van der Waals surface area contributed by atoms with Gasteiger partial charge in [-0.15, -0.1) is 0 Å². The number of nitrogens with zero attached hydrogens (tertiary/aromatic N) is 3. The summed E-state index contributed by atoms with van der Waals surface area (Å²) in [6.07, 6.45) is 0.947. The van der Waals surface area contributed by atoms with Crippen LogP contribution in [0.3, 0.4) is 0 Å². The summed E-state index contributed by atoms with van der Waals surface area (Å²) < 4.78 is 13.1. The highest BCUT2D eigenvalue weighted by Crippen LogP contribution is 2.59. The van der Waals surface area contributed by atoms with E-state index in [0.717, 1.165) is 38.3 Å². The monoisotopic (exact) mass is 382 g/mol. The number of aliphatic imine (C=N–C) groups is 1. The first-order chi connectivity index (χ1) is 13.6. The molecule has 148 valence electrons. The predicted octanol–water partition coefficient (Wildman–Crippen LogP) is 2.43. The summed E-state index contributed by atoms with van der Waals surface area (Å²) in [6, 6.07) is 16.9. The summed E-state index contributed by atoms with van der Waals surface area (Å²) in [4.78, 5) is 8.95. The third-order valence-corrected chi connectivity index (χ3v) is 6.06. The maximum absolute atomic E-state index is 13.1. The fourth-order valence-electron chi connectivity index (χ4n) is 4.09. The molecular weight excluding hydrogens is 355 g/mol. The Labute approximate surface area is 165 Å². The molecule has 2 unspecified atom stereocenters. The summed E-state index contributed by atoms with van der Waals surface area (Å²) >= 11 is 0. The Bertz CT molecular complexity index is 818. The molecular formula is C22H27FN4O. The first-order valence-electron chi connectivity index (χ1n) is 9.82. The molecule has 0 bridgehead atoms. The number of halogens is 1. The summed E-state index contributed by atoms with van der Waals surface area (Å²) in [5.41, 5.74) is 8.36. The maximum atomic E-state index is 13.1. The van der Waals surface area contributed by atoms with Crippen molar-refractivity contribution >= 4 is 11.6 Å². The minimum absolute atomic E-state index is 0.127. The van der Waals surface area contributed by atoms with Crippen LogP contribution in [0.5, 0.6) is 0 Å². The van der Waals surface area contributed by atoms with Gasteiger partial charge in [0.25, 0.3) is 0 Å². The molecule has 2 fully saturated rings. The van der Waals surface area contributed by atoms with Crippen molar-refractivity contribution in [3.05, 3.63) is 66.0 Å². The Morgan fingerprint density at radius 1 is 1.07 bits per heavy atom. The SMILES string of the molecule is NC(=NCC1(CO)CC1c1ccccc1)N1CCN(c2ccc(F)cc2)CC1. The van der Waals surface area contributed by atoms with Crippen molar-refractivity contribution < 1.29 is 9.50 Å². The van der Waals surface area contributed by atoms with Crippen LogP contribution < -0.4 is 10.6 Å². The van der Waals surface area contributed by atoms with Crippen LogP contribution in [-0.2, 0) is 0 Å². The number of rotatable bonds is 5. The van der Waals surface area contributed by atoms with Gasteiger partial charge >= 0.3 is 0 Å². The summed E-state index contributed by atoms with van der Waals surface area (Å²) in [7, 11) is 0. The predicted molar refractivity (Wildman–Crippen MR) is 110 cm³/mol. The van der Waals surface area contributed by atoms with E-state index in [-0.39, 0.29) is 17.8 Å². The van der Waals surface area contributed by atoms with E-state index in [1.54, 1.807) is 0 Å². The second-order valence-electron chi connectivity index (χ2n) is 7.81. The Morgan fingerprint density at radius 3 is 2.39 bits per heavy atom. The molecule has 2 aromatic carbocycles. The number of hydrogen-bond donors (Lipinski definition) is 2. The van der Waals surface area contributed by atoms with Gasteiger partial charge in [-0.2, -0.15) is 0 Å². The van der Waals surface area contributed by atoms with Crippen molar-refractivity contribution in [2.75, 3.05) is 44.2 Å². The second-order valence-corrected chi connectivity index (χ2v) is 7.81. The van der Waals surface area contributed by atoms with Crippen LogP contribution in [-0.4, -0.2) is 55.3 Å². The third-order valence-electron chi connectivity index (χ3n) is 6.06. The zero-order valence-electron chi connectivity index (χ0n) is 16.0. The van der Waals surface area contributed by atoms with Crippen LogP contribution in [0.1, 0.15) is 17.9 Å². The van der Waals surface area contributed by atoms with Gasteiger partial charge in [0.15, 0.2) is 5.96 Å². The number of anilines is 1. The van der Waals surface area contributed by atoms with Gasteiger partial charge in [-0.25, -0.2) is 4.39 Å². The topological polar surface area (TPSA) is 65.1 Å². The summed E-state index contributed by atoms with van der Waals surface area (Å²) in [5.74, 6) is 0.682. The number of nitrogens with two attached hydrogens (primary N) is 1. The average molecular weight is 382 g/mol. The molecule has 1 saturated carbocycles. The molecule has 0 radical (unpaired) electrons. The second kappa shape index (κ2) is 7.80. The van der Waals surface area contributed by atoms with Gasteiger partial charge < -0.3 is 20.6 Å². The standard InChI is InChI=1S/C22H27FN4O/c23-18-6-8-19(9-7-18)26-10-12-27(13-11-26)21(24)25-15-22(16-28)14-20(22)17-4-2-1-3-5-17/h1-9,20,28H,10-16H2,(H2,24,25). The van der Waals surface area contributed by atoms with Crippen LogP contribution in [0.4, 0.5) is 10.1 Å². The zero-order valence-corrected chi connectivity index (χ0v) is 16.0. The summed E-state index contributed by atoms with van der Waals surface area (Å²) in [5, 5.41) is 9.93. The third kappa shape index (κ3) is 3.83. The molecule has 1 saturated heterocycles. The van der Waals surface area contributed by atoms with E-state index in [0.29, 0.717) is 18.4 Å². The smallest absolute Gasteiger partial charge is 0.191 e. The summed E-state index contributed by atoms with van der Waals surface area (Å²) in [6.45, 7) is 3.87. The van der Waals surface area contributed by atoms with Crippen LogP contribution in [0.2, 0.25) is 0 Å². The Balaban J connectivity index is 1.33. The van der Waals surface area contributed by atoms with Crippen molar-refractivity contribution in [3.63, 3.8) is 0 Å². The lowest BCUT2D eigenvalue weighted by molar-refractivity contribution is 0.211. The van der Waals surface area contributed by atoms with Crippen molar-refractivity contribution in [1.29, 1.82) is 0 Å². The molecule has 4 rings (SSSR count). The highest BCUT2D eigenvalue weighted by molar-refractivity contribution is 5.78. The molecule has 3 N–H and O–H groups in total. The molecule has 2 aromatic rings. The Kier molecular flexibility index (Phi) is 5.22. The number of aliphatic hydroxyl groups excluding tert-OH is 1. The zero-order chi connectivity index (χ0) is 19.6. The molecule has 28 heavy (non-hydrogen) atoms. The fraction of sp³-hybridized carbons (Fsp3) is 0.409. The molecule has 5 nitrogen and oxygen atoms in total. The molecule has 2 aliphatic rings. The normalized spacial score (nSPS) is 25.1. The van der Waals surface area contributed by atoms with Crippen LogP contribution in [0, 0.1) is 11.2 Å². The van der Waals surface area contributed by atoms with Crippen molar-refractivity contribution in [1.82, 2.24) is 4.90 Å². The van der Waals surface area contributed by atoms with E-state index in [1.807, 2.05) is 30.3 Å². The highest BCUT2D eigenvalue weighted by atomic mass is 19.1. The molecule has 0 spiro atoms. The van der Waals surface area contributed by atoms with E-state index in [2.05, 4.69) is 26.9 Å². The molecule has 1 heterocycles. The van der Waals surface area contributed by atoms with Crippen LogP contribution in [0.15, 0.2) is 59.6 Å². The van der Waals surface area contributed by atoms with Crippen molar-refractivity contribution in [2.24, 2.45) is 16.1 Å². The van der Waals surface area contributed by atoms with Gasteiger partial charge in [0.05, 0.1) is 13.2 Å². The van der Waals surface area contributed by atoms with E-state index in [4.69, 9.17) is 5.73 Å². The van der Waals surface area contributed by atoms with E-state index >= 15 is 0 Å². The van der Waals surface area contributed by atoms with Gasteiger partial charge in [0.1, 0.15) is 5.82 Å². The van der Waals surface area contributed by atoms with E-state index in [1.165, 1.54) is 17.7 Å². The van der Waals surface area contributed by atoms with Gasteiger partial charge in [-0.1, -0.05) is 30.3 Å². The van der Waals surface area contributed by atoms with Crippen LogP contribution >= 0.6 is 0 Å². The largest absolute Gasteiger partial charge is 0.396 e. The number of benzene rings is 2. The fourth-order valence-corrected chi connectivity index (χ4v) is 4.09. The van der Waals surface area contributed by atoms with Gasteiger partial charge in [0, 0.05) is 37.3 Å². The lowest BCUT2D eigenvalue weighted by Crippen LogP contribution is -2.51. The molecule has 1 aliphatic heterocycles. The highest BCUT2D eigenvalue weighted by Gasteiger charge is 2.54. The number of aliphatic hydroxyl groups is 1. The molecule has 0 amide bonds. The van der Waals surface area contributed by atoms with Gasteiger partial charge in [0.2, 0.25) is 0 Å². The minimum atomic E-state index is -0.217. The lowest BCUT2D eigenvalue weighted by atomic mass is 10.00. The molecule has 0 aromatic heterocycles. The number of guanidine groups is 1. The maximum Gasteiger partial charge on any atom is 0.191 e. The molecule has 2 atom stereocenters. The van der Waals surface area contributed by atoms with Crippen molar-refractivity contribution in [3.8, 4) is 0 Å². The van der Waals surface area contributed by atoms with E-state index in [9.17, 15) is 9.50 Å². The first-order valence-corrected chi connectivity index (χ1v) is 9.82. The Morgan fingerprint density at radius 2 is 1.75 bits per heavy atom. The van der Waals surface area contributed by atoms with E-state index < -0.39 is 0 Å². The van der Waals surface area contributed by atoms with Gasteiger partial charge in [-0.3, -0.25) is 4.99 Å². The molecule has 1 aliphatic carbocycles. The quantitative estimate of drug-likeness (QED) is 0.616. The number of hydrogen-bond acceptors (Lipinski definition) is 3.